The molecule has 0 atom stereocenters. The van der Waals surface area contributed by atoms with E-state index in [2.05, 4.69) is 60.3 Å². The van der Waals surface area contributed by atoms with Gasteiger partial charge in [-0.3, -0.25) is 9.78 Å². The van der Waals surface area contributed by atoms with Gasteiger partial charge in [-0.25, -0.2) is 0 Å². The number of para-hydroxylation sites is 1. The van der Waals surface area contributed by atoms with Gasteiger partial charge in [-0.1, -0.05) is 57.7 Å². The Balaban J connectivity index is 1.68. The van der Waals surface area contributed by atoms with Crippen molar-refractivity contribution in [3.63, 3.8) is 0 Å². The maximum absolute atomic E-state index is 12.6. The van der Waals surface area contributed by atoms with E-state index in [0.717, 1.165) is 22.4 Å². The number of hydrogen-bond donors (Lipinski definition) is 1. The highest BCUT2D eigenvalue weighted by atomic mass is 32.2. The Morgan fingerprint density at radius 1 is 1.04 bits per heavy atom. The van der Waals surface area contributed by atoms with E-state index in [1.807, 2.05) is 6.07 Å². The number of anilines is 1. The maximum Gasteiger partial charge on any atom is 0.277 e. The fourth-order valence-corrected chi connectivity index (χ4v) is 3.44. The first-order valence-electron chi connectivity index (χ1n) is 9.25. The summed E-state index contributed by atoms with van der Waals surface area (Å²) in [5, 5.41) is 11.5. The van der Waals surface area contributed by atoms with Crippen LogP contribution in [-0.2, 0) is 4.79 Å². The third-order valence-electron chi connectivity index (χ3n) is 4.30. The molecule has 1 aromatic carbocycles. The summed E-state index contributed by atoms with van der Waals surface area (Å²) in [7, 11) is 0. The lowest BCUT2D eigenvalue weighted by Crippen LogP contribution is -2.17. The molecule has 1 N–H and O–H groups in total. The number of nitrogens with one attached hydrogen (secondary N) is 1. The van der Waals surface area contributed by atoms with Gasteiger partial charge in [-0.2, -0.15) is 0 Å². The van der Waals surface area contributed by atoms with E-state index in [1.165, 1.54) is 11.8 Å². The summed E-state index contributed by atoms with van der Waals surface area (Å²) in [5.74, 6) is 1.16. The highest BCUT2D eigenvalue weighted by Crippen LogP contribution is 2.32. The summed E-state index contributed by atoms with van der Waals surface area (Å²) < 4.78 is 5.63. The molecule has 146 valence electrons. The van der Waals surface area contributed by atoms with Gasteiger partial charge in [0.2, 0.25) is 11.8 Å². The number of benzene rings is 1. The number of nitrogens with zero attached hydrogens (tertiary/aromatic N) is 3. The lowest BCUT2D eigenvalue weighted by molar-refractivity contribution is -0.113. The van der Waals surface area contributed by atoms with Gasteiger partial charge in [0.05, 0.1) is 5.75 Å². The smallest absolute Gasteiger partial charge is 0.277 e. The highest BCUT2D eigenvalue weighted by molar-refractivity contribution is 7.99. The molecule has 0 saturated carbocycles. The molecule has 1 amide bonds. The van der Waals surface area contributed by atoms with E-state index in [9.17, 15) is 4.79 Å². The number of amides is 1. The van der Waals surface area contributed by atoms with Gasteiger partial charge in [0, 0.05) is 23.6 Å². The summed E-state index contributed by atoms with van der Waals surface area (Å²) in [6.07, 6.45) is 3.33. The largest absolute Gasteiger partial charge is 0.411 e. The van der Waals surface area contributed by atoms with Crippen LogP contribution in [0.25, 0.3) is 11.5 Å². The molecule has 3 rings (SSSR count). The van der Waals surface area contributed by atoms with Gasteiger partial charge in [-0.05, 0) is 35.1 Å². The summed E-state index contributed by atoms with van der Waals surface area (Å²) in [4.78, 5) is 16.5. The van der Waals surface area contributed by atoms with Crippen molar-refractivity contribution in [1.82, 2.24) is 15.2 Å². The van der Waals surface area contributed by atoms with Crippen molar-refractivity contribution < 1.29 is 9.21 Å². The molecule has 7 heteroatoms. The molecule has 0 aliphatic rings. The monoisotopic (exact) mass is 396 g/mol. The second-order valence-electron chi connectivity index (χ2n) is 7.07. The van der Waals surface area contributed by atoms with Crippen LogP contribution in [0.1, 0.15) is 50.7 Å². The van der Waals surface area contributed by atoms with Crippen molar-refractivity contribution in [1.29, 1.82) is 0 Å². The lowest BCUT2D eigenvalue weighted by atomic mass is 9.92. The van der Waals surface area contributed by atoms with Crippen LogP contribution in [-0.4, -0.2) is 26.8 Å². The fourth-order valence-electron chi connectivity index (χ4n) is 2.88. The normalized spacial score (nSPS) is 11.2. The number of hydrogen-bond acceptors (Lipinski definition) is 6. The first kappa shape index (κ1) is 20.1. The number of aromatic nitrogens is 3. The second kappa shape index (κ2) is 9.01. The number of carbonyl (C=O) groups is 1. The Morgan fingerprint density at radius 3 is 2.29 bits per heavy atom. The van der Waals surface area contributed by atoms with Crippen LogP contribution >= 0.6 is 11.8 Å². The van der Waals surface area contributed by atoms with Crippen molar-refractivity contribution in [3.8, 4) is 11.5 Å². The van der Waals surface area contributed by atoms with Crippen LogP contribution in [0.2, 0.25) is 0 Å². The molecule has 0 aliphatic heterocycles. The summed E-state index contributed by atoms with van der Waals surface area (Å²) in [6.45, 7) is 8.51. The molecular formula is C21H24N4O2S. The van der Waals surface area contributed by atoms with Crippen LogP contribution in [0, 0.1) is 0 Å². The summed E-state index contributed by atoms with van der Waals surface area (Å²) in [6, 6.07) is 9.78. The molecule has 0 fully saturated rings. The van der Waals surface area contributed by atoms with E-state index in [1.54, 1.807) is 24.5 Å². The molecule has 6 nitrogen and oxygen atoms in total. The van der Waals surface area contributed by atoms with Gasteiger partial charge in [-0.15, -0.1) is 10.2 Å². The summed E-state index contributed by atoms with van der Waals surface area (Å²) in [5.41, 5.74) is 4.00. The van der Waals surface area contributed by atoms with E-state index >= 15 is 0 Å². The van der Waals surface area contributed by atoms with Gasteiger partial charge in [0.1, 0.15) is 0 Å². The van der Waals surface area contributed by atoms with Gasteiger partial charge in [0.25, 0.3) is 5.22 Å². The van der Waals surface area contributed by atoms with Crippen LogP contribution in [0.4, 0.5) is 5.69 Å². The van der Waals surface area contributed by atoms with E-state index in [-0.39, 0.29) is 11.7 Å². The quantitative estimate of drug-likeness (QED) is 0.559. The summed E-state index contributed by atoms with van der Waals surface area (Å²) >= 11 is 1.22. The van der Waals surface area contributed by atoms with E-state index in [4.69, 9.17) is 4.42 Å². The zero-order valence-corrected chi connectivity index (χ0v) is 17.3. The Labute approximate surface area is 169 Å². The van der Waals surface area contributed by atoms with Crippen molar-refractivity contribution in [2.24, 2.45) is 0 Å². The molecule has 0 radical (unpaired) electrons. The van der Waals surface area contributed by atoms with Gasteiger partial charge < -0.3 is 9.73 Å². The first-order valence-corrected chi connectivity index (χ1v) is 10.2. The predicted octanol–water partition coefficient (Wildman–Crippen LogP) is 5.11. The highest BCUT2D eigenvalue weighted by Gasteiger charge is 2.17. The van der Waals surface area contributed by atoms with Crippen LogP contribution in [0.15, 0.2) is 52.4 Å². The number of pyridine rings is 1. The molecule has 3 aromatic rings. The van der Waals surface area contributed by atoms with Crippen molar-refractivity contribution in [3.05, 3.63) is 53.9 Å². The average molecular weight is 397 g/mol. The molecule has 0 spiro atoms. The zero-order valence-electron chi connectivity index (χ0n) is 16.5. The van der Waals surface area contributed by atoms with Crippen LogP contribution in [0.3, 0.4) is 0 Å². The Morgan fingerprint density at radius 2 is 1.68 bits per heavy atom. The standard InChI is InChI=1S/C21H24N4O2S/c1-13(2)16-6-5-7-17(14(3)4)19(16)23-18(26)12-28-21-25-24-20(27-21)15-8-10-22-11-9-15/h5-11,13-14H,12H2,1-4H3,(H,23,26). The molecule has 2 aromatic heterocycles. The minimum absolute atomic E-state index is 0.0938. The predicted molar refractivity (Wildman–Crippen MR) is 112 cm³/mol. The molecule has 0 aliphatic carbocycles. The van der Waals surface area contributed by atoms with Crippen LogP contribution < -0.4 is 5.32 Å². The Bertz CT molecular complexity index is 912. The minimum atomic E-state index is -0.0938. The van der Waals surface area contributed by atoms with Crippen molar-refractivity contribution >= 4 is 23.4 Å². The Kier molecular flexibility index (Phi) is 6.46. The minimum Gasteiger partial charge on any atom is -0.411 e. The third-order valence-corrected chi connectivity index (χ3v) is 5.12. The zero-order chi connectivity index (χ0) is 20.1. The van der Waals surface area contributed by atoms with E-state index in [0.29, 0.717) is 22.9 Å². The number of rotatable bonds is 7. The molecule has 0 saturated heterocycles. The third kappa shape index (κ3) is 4.78. The molecule has 2 heterocycles. The first-order chi connectivity index (χ1) is 13.5. The molecule has 0 bridgehead atoms. The van der Waals surface area contributed by atoms with Gasteiger partial charge in [0.15, 0.2) is 0 Å². The van der Waals surface area contributed by atoms with E-state index < -0.39 is 0 Å². The maximum atomic E-state index is 12.6. The Hall–Kier alpha value is -2.67. The topological polar surface area (TPSA) is 80.9 Å². The average Bonchev–Trinajstić information content (AvgIpc) is 3.16. The van der Waals surface area contributed by atoms with Crippen LogP contribution in [0.5, 0.6) is 0 Å². The van der Waals surface area contributed by atoms with Gasteiger partial charge >= 0.3 is 0 Å². The molecule has 28 heavy (non-hydrogen) atoms. The molecular weight excluding hydrogens is 372 g/mol. The number of thioether (sulfide) groups is 1. The lowest BCUT2D eigenvalue weighted by Gasteiger charge is -2.20. The van der Waals surface area contributed by atoms with Crippen molar-refractivity contribution in [2.75, 3.05) is 11.1 Å². The fraction of sp³-hybridized carbons (Fsp3) is 0.333. The SMILES string of the molecule is CC(C)c1cccc(C(C)C)c1NC(=O)CSc1nnc(-c2ccncc2)o1. The van der Waals surface area contributed by atoms with Crippen molar-refractivity contribution in [2.45, 2.75) is 44.8 Å². The number of carbonyl (C=O) groups excluding carboxylic acids is 1. The molecule has 0 unspecified atom stereocenters. The second-order valence-corrected chi connectivity index (χ2v) is 7.99.